The first-order valence-electron chi connectivity index (χ1n) is 6.97. The van der Waals surface area contributed by atoms with Gasteiger partial charge < -0.3 is 4.74 Å². The highest BCUT2D eigenvalue weighted by atomic mass is 16.5. The summed E-state index contributed by atoms with van der Waals surface area (Å²) in [6, 6.07) is 9.04. The molecule has 0 bridgehead atoms. The molecule has 0 N–H and O–H groups in total. The van der Waals surface area contributed by atoms with Crippen LogP contribution in [0.2, 0.25) is 0 Å². The first kappa shape index (κ1) is 11.8. The molecule has 3 rings (SSSR count). The van der Waals surface area contributed by atoms with Crippen molar-refractivity contribution >= 4 is 5.57 Å². The molecule has 1 aromatic carbocycles. The predicted molar refractivity (Wildman–Crippen MR) is 74.8 cm³/mol. The van der Waals surface area contributed by atoms with Crippen LogP contribution in [0.4, 0.5) is 0 Å². The van der Waals surface area contributed by atoms with Crippen molar-refractivity contribution in [2.75, 3.05) is 20.2 Å². The van der Waals surface area contributed by atoms with Gasteiger partial charge in [-0.2, -0.15) is 0 Å². The van der Waals surface area contributed by atoms with Gasteiger partial charge in [0.2, 0.25) is 0 Å². The summed E-state index contributed by atoms with van der Waals surface area (Å²) in [7, 11) is 1.76. The Morgan fingerprint density at radius 1 is 1.17 bits per heavy atom. The lowest BCUT2D eigenvalue weighted by atomic mass is 9.87. The van der Waals surface area contributed by atoms with Crippen molar-refractivity contribution in [3.63, 3.8) is 0 Å². The van der Waals surface area contributed by atoms with E-state index in [0.29, 0.717) is 6.04 Å². The van der Waals surface area contributed by atoms with E-state index in [0.717, 1.165) is 5.75 Å². The topological polar surface area (TPSA) is 12.5 Å². The van der Waals surface area contributed by atoms with Gasteiger partial charge in [-0.1, -0.05) is 30.7 Å². The number of benzene rings is 1. The lowest BCUT2D eigenvalue weighted by Crippen LogP contribution is -2.42. The van der Waals surface area contributed by atoms with Crippen molar-refractivity contribution in [2.45, 2.75) is 31.7 Å². The molecule has 1 unspecified atom stereocenters. The van der Waals surface area contributed by atoms with Crippen molar-refractivity contribution in [3.8, 4) is 5.75 Å². The van der Waals surface area contributed by atoms with E-state index in [-0.39, 0.29) is 0 Å². The van der Waals surface area contributed by atoms with Gasteiger partial charge in [0, 0.05) is 18.2 Å². The largest absolute Gasteiger partial charge is 0.496 e. The Labute approximate surface area is 109 Å². The average Bonchev–Trinajstić information content (AvgIpc) is 2.46. The third-order valence-electron chi connectivity index (χ3n) is 4.17. The summed E-state index contributed by atoms with van der Waals surface area (Å²) in [5.74, 6) is 1.01. The van der Waals surface area contributed by atoms with Crippen molar-refractivity contribution < 1.29 is 4.74 Å². The van der Waals surface area contributed by atoms with Gasteiger partial charge in [-0.15, -0.1) is 0 Å². The molecule has 2 heteroatoms. The maximum Gasteiger partial charge on any atom is 0.126 e. The standard InChI is InChI=1S/C16H21NO/c1-18-16-10-3-2-7-14(16)13-8-6-12-17-11-5-4-9-15(13)17/h2-3,7-8,10,15H,4-6,9,11-12H2,1H3. The number of ether oxygens (including phenoxy) is 1. The summed E-state index contributed by atoms with van der Waals surface area (Å²) in [4.78, 5) is 2.64. The molecule has 0 radical (unpaired) electrons. The second-order valence-corrected chi connectivity index (χ2v) is 5.20. The zero-order valence-corrected chi connectivity index (χ0v) is 11.1. The van der Waals surface area contributed by atoms with Gasteiger partial charge in [0.15, 0.2) is 0 Å². The number of methoxy groups -OCH3 is 1. The molecular formula is C16H21NO. The average molecular weight is 243 g/mol. The molecule has 1 atom stereocenters. The molecule has 2 aliphatic rings. The van der Waals surface area contributed by atoms with Crippen molar-refractivity contribution in [1.82, 2.24) is 4.90 Å². The summed E-state index contributed by atoms with van der Waals surface area (Å²) in [5, 5.41) is 0. The van der Waals surface area contributed by atoms with Gasteiger partial charge in [-0.25, -0.2) is 0 Å². The van der Waals surface area contributed by atoms with Crippen LogP contribution < -0.4 is 4.74 Å². The van der Waals surface area contributed by atoms with Gasteiger partial charge in [0.05, 0.1) is 7.11 Å². The molecule has 0 aromatic heterocycles. The lowest BCUT2D eigenvalue weighted by molar-refractivity contribution is 0.182. The monoisotopic (exact) mass is 243 g/mol. The first-order chi connectivity index (χ1) is 8.90. The summed E-state index contributed by atoms with van der Waals surface area (Å²) < 4.78 is 5.52. The smallest absolute Gasteiger partial charge is 0.126 e. The minimum atomic E-state index is 0.615. The van der Waals surface area contributed by atoms with Crippen LogP contribution in [0.25, 0.3) is 5.57 Å². The molecule has 1 fully saturated rings. The molecule has 0 aliphatic carbocycles. The van der Waals surface area contributed by atoms with E-state index in [9.17, 15) is 0 Å². The lowest BCUT2D eigenvalue weighted by Gasteiger charge is -2.40. The fraction of sp³-hybridized carbons (Fsp3) is 0.500. The van der Waals surface area contributed by atoms with Crippen LogP contribution >= 0.6 is 0 Å². The Balaban J connectivity index is 1.96. The molecule has 1 saturated heterocycles. The Morgan fingerprint density at radius 3 is 2.94 bits per heavy atom. The fourth-order valence-electron chi connectivity index (χ4n) is 3.31. The molecule has 2 heterocycles. The molecule has 1 aromatic rings. The van der Waals surface area contributed by atoms with Gasteiger partial charge in [-0.05, 0) is 37.4 Å². The quantitative estimate of drug-likeness (QED) is 0.790. The van der Waals surface area contributed by atoms with Crippen LogP contribution in [0, 0.1) is 0 Å². The minimum Gasteiger partial charge on any atom is -0.496 e. The maximum absolute atomic E-state index is 5.52. The number of hydrogen-bond acceptors (Lipinski definition) is 2. The van der Waals surface area contributed by atoms with Crippen LogP contribution in [-0.4, -0.2) is 31.1 Å². The normalized spacial score (nSPS) is 24.3. The van der Waals surface area contributed by atoms with E-state index < -0.39 is 0 Å². The summed E-state index contributed by atoms with van der Waals surface area (Å²) in [5.41, 5.74) is 2.77. The predicted octanol–water partition coefficient (Wildman–Crippen LogP) is 3.34. The Hall–Kier alpha value is -1.28. The van der Waals surface area contributed by atoms with Crippen molar-refractivity contribution in [3.05, 3.63) is 35.9 Å². The first-order valence-corrected chi connectivity index (χ1v) is 6.97. The molecule has 2 aliphatic heterocycles. The molecule has 0 saturated carbocycles. The van der Waals surface area contributed by atoms with Crippen LogP contribution in [0.15, 0.2) is 30.3 Å². The van der Waals surface area contributed by atoms with Crippen molar-refractivity contribution in [2.24, 2.45) is 0 Å². The zero-order valence-electron chi connectivity index (χ0n) is 11.1. The number of hydrogen-bond donors (Lipinski definition) is 0. The van der Waals surface area contributed by atoms with E-state index >= 15 is 0 Å². The number of para-hydroxylation sites is 1. The van der Waals surface area contributed by atoms with Crippen molar-refractivity contribution in [1.29, 1.82) is 0 Å². The Bertz CT molecular complexity index is 452. The minimum absolute atomic E-state index is 0.615. The third-order valence-corrected chi connectivity index (χ3v) is 4.17. The van der Waals surface area contributed by atoms with Gasteiger partial charge in [0.1, 0.15) is 5.75 Å². The molecule has 18 heavy (non-hydrogen) atoms. The Kier molecular flexibility index (Phi) is 3.37. The third kappa shape index (κ3) is 2.05. The van der Waals surface area contributed by atoms with E-state index in [1.54, 1.807) is 7.11 Å². The second kappa shape index (κ2) is 5.15. The van der Waals surface area contributed by atoms with Crippen LogP contribution in [0.5, 0.6) is 5.75 Å². The fourth-order valence-corrected chi connectivity index (χ4v) is 3.31. The van der Waals surface area contributed by atoms with Gasteiger partial charge in [0.25, 0.3) is 0 Å². The highest BCUT2D eigenvalue weighted by molar-refractivity contribution is 5.74. The highest BCUT2D eigenvalue weighted by Gasteiger charge is 2.29. The van der Waals surface area contributed by atoms with Crippen LogP contribution in [0.1, 0.15) is 31.2 Å². The number of fused-ring (bicyclic) bond motifs is 1. The van der Waals surface area contributed by atoms with Crippen LogP contribution in [-0.2, 0) is 0 Å². The van der Waals surface area contributed by atoms with Gasteiger partial charge >= 0.3 is 0 Å². The van der Waals surface area contributed by atoms with Crippen LogP contribution in [0.3, 0.4) is 0 Å². The molecular weight excluding hydrogens is 222 g/mol. The zero-order chi connectivity index (χ0) is 12.4. The summed E-state index contributed by atoms with van der Waals surface area (Å²) >= 11 is 0. The number of piperidine rings is 1. The van der Waals surface area contributed by atoms with E-state index in [1.165, 1.54) is 49.9 Å². The molecule has 0 amide bonds. The highest BCUT2D eigenvalue weighted by Crippen LogP contribution is 2.36. The molecule has 0 spiro atoms. The molecule has 2 nitrogen and oxygen atoms in total. The SMILES string of the molecule is COc1ccccc1C1=CCCN2CCCCC12. The molecule has 96 valence electrons. The summed E-state index contributed by atoms with van der Waals surface area (Å²) in [6.45, 7) is 2.49. The summed E-state index contributed by atoms with van der Waals surface area (Å²) in [6.07, 6.45) is 7.60. The second-order valence-electron chi connectivity index (χ2n) is 5.20. The van der Waals surface area contributed by atoms with E-state index in [4.69, 9.17) is 4.74 Å². The Morgan fingerprint density at radius 2 is 2.06 bits per heavy atom. The number of nitrogens with zero attached hydrogens (tertiary/aromatic N) is 1. The number of rotatable bonds is 2. The van der Waals surface area contributed by atoms with Gasteiger partial charge in [-0.3, -0.25) is 4.90 Å². The van der Waals surface area contributed by atoms with E-state index in [1.807, 2.05) is 6.07 Å². The van der Waals surface area contributed by atoms with E-state index in [2.05, 4.69) is 29.2 Å². The maximum atomic E-state index is 5.52.